The van der Waals surface area contributed by atoms with Gasteiger partial charge in [-0.25, -0.2) is 13.4 Å². The fourth-order valence-corrected chi connectivity index (χ4v) is 4.77. The van der Waals surface area contributed by atoms with Crippen molar-refractivity contribution in [3.8, 4) is 17.0 Å². The Morgan fingerprint density at radius 1 is 1.12 bits per heavy atom. The highest BCUT2D eigenvalue weighted by Gasteiger charge is 2.16. The number of hydrogen-bond donors (Lipinski definition) is 1. The quantitative estimate of drug-likeness (QED) is 0.380. The smallest absolute Gasteiger partial charge is 0.307 e. The number of aryl methyl sites for hydroxylation is 1. The summed E-state index contributed by atoms with van der Waals surface area (Å²) in [6, 6.07) is 11.1. The van der Waals surface area contributed by atoms with Gasteiger partial charge in [-0.1, -0.05) is 32.0 Å². The molecule has 9 heteroatoms. The first-order valence-electron chi connectivity index (χ1n) is 11.3. The molecule has 0 aliphatic carbocycles. The summed E-state index contributed by atoms with van der Waals surface area (Å²) < 4.78 is 30.8. The minimum atomic E-state index is -3.28. The number of nitrogens with zero attached hydrogens (tertiary/aromatic N) is 3. The molecule has 0 radical (unpaired) electrons. The van der Waals surface area contributed by atoms with E-state index in [-0.39, 0.29) is 17.4 Å². The molecule has 1 N–H and O–H groups in total. The Hall–Kier alpha value is -3.20. The van der Waals surface area contributed by atoms with E-state index in [4.69, 9.17) is 4.74 Å². The van der Waals surface area contributed by atoms with Crippen molar-refractivity contribution in [1.82, 2.24) is 14.8 Å². The van der Waals surface area contributed by atoms with Crippen LogP contribution in [0.2, 0.25) is 0 Å². The van der Waals surface area contributed by atoms with Crippen LogP contribution in [0.25, 0.3) is 11.1 Å². The van der Waals surface area contributed by atoms with Crippen molar-refractivity contribution < 1.29 is 23.1 Å². The summed E-state index contributed by atoms with van der Waals surface area (Å²) in [5.74, 6) is -0.166. The third-order valence-corrected chi connectivity index (χ3v) is 6.64. The maximum atomic E-state index is 11.7. The highest BCUT2D eigenvalue weighted by molar-refractivity contribution is 7.90. The maximum absolute atomic E-state index is 11.7. The lowest BCUT2D eigenvalue weighted by Gasteiger charge is -2.17. The molecule has 2 heterocycles. The van der Waals surface area contributed by atoms with Crippen LogP contribution in [-0.4, -0.2) is 47.1 Å². The molecule has 0 spiro atoms. The van der Waals surface area contributed by atoms with Gasteiger partial charge in [-0.3, -0.25) is 9.48 Å². The van der Waals surface area contributed by atoms with Gasteiger partial charge in [0, 0.05) is 25.1 Å². The molecule has 8 nitrogen and oxygen atoms in total. The van der Waals surface area contributed by atoms with E-state index in [1.165, 1.54) is 23.2 Å². The van der Waals surface area contributed by atoms with E-state index >= 15 is 0 Å². The predicted octanol–water partition coefficient (Wildman–Crippen LogP) is 4.35. The van der Waals surface area contributed by atoms with Gasteiger partial charge >= 0.3 is 5.97 Å². The Labute approximate surface area is 200 Å². The first-order chi connectivity index (χ1) is 16.2. The highest BCUT2D eigenvalue weighted by atomic mass is 32.2. The van der Waals surface area contributed by atoms with E-state index in [2.05, 4.69) is 23.9 Å². The average molecular weight is 486 g/mol. The lowest BCUT2D eigenvalue weighted by molar-refractivity contribution is -0.136. The van der Waals surface area contributed by atoms with Crippen LogP contribution in [0.5, 0.6) is 5.88 Å². The fourth-order valence-electron chi connectivity index (χ4n) is 3.94. The molecule has 34 heavy (non-hydrogen) atoms. The lowest BCUT2D eigenvalue weighted by Crippen LogP contribution is -2.10. The number of hydrogen-bond acceptors (Lipinski definition) is 6. The lowest BCUT2D eigenvalue weighted by atomic mass is 9.89. The van der Waals surface area contributed by atoms with Crippen LogP contribution >= 0.6 is 0 Å². The topological polar surface area (TPSA) is 111 Å². The number of benzene rings is 1. The Kier molecular flexibility index (Phi) is 8.44. The van der Waals surface area contributed by atoms with E-state index in [1.807, 2.05) is 30.3 Å². The molecule has 0 fully saturated rings. The highest BCUT2D eigenvalue weighted by Crippen LogP contribution is 2.32. The summed E-state index contributed by atoms with van der Waals surface area (Å²) in [7, 11) is -3.28. The molecule has 3 aromatic rings. The number of sulfone groups is 1. The monoisotopic (exact) mass is 485 g/mol. The number of rotatable bonds is 12. The molecule has 0 aliphatic rings. The first-order valence-corrected chi connectivity index (χ1v) is 13.2. The summed E-state index contributed by atoms with van der Waals surface area (Å²) >= 11 is 0. The van der Waals surface area contributed by atoms with Crippen LogP contribution < -0.4 is 4.74 Å². The zero-order chi connectivity index (χ0) is 24.7. The van der Waals surface area contributed by atoms with Gasteiger partial charge in [-0.15, -0.1) is 0 Å². The van der Waals surface area contributed by atoms with Crippen LogP contribution in [0, 0.1) is 0 Å². The normalized spacial score (nSPS) is 11.6. The Morgan fingerprint density at radius 2 is 1.91 bits per heavy atom. The second kappa shape index (κ2) is 11.3. The van der Waals surface area contributed by atoms with Crippen LogP contribution in [0.15, 0.2) is 53.8 Å². The zero-order valence-electron chi connectivity index (χ0n) is 19.8. The molecule has 0 aliphatic heterocycles. The van der Waals surface area contributed by atoms with E-state index in [1.54, 1.807) is 6.20 Å². The van der Waals surface area contributed by atoms with E-state index in [9.17, 15) is 18.3 Å². The Morgan fingerprint density at radius 3 is 2.62 bits per heavy atom. The number of carbonyl (C=O) groups is 1. The molecule has 2 aromatic heterocycles. The molecular formula is C25H31N3O5S. The van der Waals surface area contributed by atoms with Gasteiger partial charge in [-0.05, 0) is 59.6 Å². The maximum Gasteiger partial charge on any atom is 0.307 e. The van der Waals surface area contributed by atoms with Crippen molar-refractivity contribution >= 4 is 15.8 Å². The van der Waals surface area contributed by atoms with Crippen LogP contribution in [-0.2, 0) is 27.6 Å². The minimum Gasteiger partial charge on any atom is -0.481 e. The van der Waals surface area contributed by atoms with Crippen LogP contribution in [0.1, 0.15) is 50.2 Å². The second-order valence-corrected chi connectivity index (χ2v) is 10.5. The van der Waals surface area contributed by atoms with Crippen molar-refractivity contribution in [3.05, 3.63) is 59.9 Å². The molecule has 0 saturated carbocycles. The minimum absolute atomic E-state index is 0.0422. The van der Waals surface area contributed by atoms with Crippen molar-refractivity contribution in [2.45, 2.75) is 57.0 Å². The summed E-state index contributed by atoms with van der Waals surface area (Å²) in [6.45, 7) is 5.12. The van der Waals surface area contributed by atoms with Crippen molar-refractivity contribution in [3.63, 3.8) is 0 Å². The Balaban J connectivity index is 1.59. The van der Waals surface area contributed by atoms with E-state index in [0.717, 1.165) is 41.5 Å². The first kappa shape index (κ1) is 25.4. The largest absolute Gasteiger partial charge is 0.481 e. The molecule has 0 unspecified atom stereocenters. The fraction of sp³-hybridized carbons (Fsp3) is 0.400. The molecule has 3 rings (SSSR count). The van der Waals surface area contributed by atoms with Crippen molar-refractivity contribution in [2.75, 3.05) is 12.9 Å². The number of pyridine rings is 1. The van der Waals surface area contributed by atoms with Gasteiger partial charge in [0.15, 0.2) is 14.9 Å². The van der Waals surface area contributed by atoms with Gasteiger partial charge < -0.3 is 9.84 Å². The zero-order valence-corrected chi connectivity index (χ0v) is 20.6. The molecular weight excluding hydrogens is 454 g/mol. The number of aromatic nitrogens is 3. The number of ether oxygens (including phenoxy) is 1. The predicted molar refractivity (Wildman–Crippen MR) is 130 cm³/mol. The Bertz CT molecular complexity index is 1230. The van der Waals surface area contributed by atoms with Gasteiger partial charge in [0.05, 0.1) is 19.2 Å². The molecule has 182 valence electrons. The molecule has 0 atom stereocenters. The van der Waals surface area contributed by atoms with E-state index < -0.39 is 15.8 Å². The van der Waals surface area contributed by atoms with Gasteiger partial charge in [0.1, 0.15) is 0 Å². The van der Waals surface area contributed by atoms with Gasteiger partial charge in [0.2, 0.25) is 5.88 Å². The van der Waals surface area contributed by atoms with Gasteiger partial charge in [0.25, 0.3) is 0 Å². The molecule has 0 bridgehead atoms. The van der Waals surface area contributed by atoms with Gasteiger partial charge in [-0.2, -0.15) is 5.10 Å². The SMILES string of the molecule is CC(C)c1cccc(-c2ccnc(OCCCCCn3nccc3S(C)(=O)=O)c2)c1CC(=O)O. The average Bonchev–Trinajstić information content (AvgIpc) is 3.25. The summed E-state index contributed by atoms with van der Waals surface area (Å²) in [6.07, 6.45) is 6.72. The van der Waals surface area contributed by atoms with Crippen molar-refractivity contribution in [2.24, 2.45) is 0 Å². The number of carboxylic acids is 1. The summed E-state index contributed by atoms with van der Waals surface area (Å²) in [5, 5.41) is 13.7. The molecule has 1 aromatic carbocycles. The third kappa shape index (κ3) is 6.66. The van der Waals surface area contributed by atoms with Crippen LogP contribution in [0.3, 0.4) is 0 Å². The third-order valence-electron chi connectivity index (χ3n) is 5.53. The van der Waals surface area contributed by atoms with Crippen molar-refractivity contribution in [1.29, 1.82) is 0 Å². The number of aliphatic carboxylic acids is 1. The summed E-state index contributed by atoms with van der Waals surface area (Å²) in [5.41, 5.74) is 3.59. The standard InChI is InChI=1S/C25H31N3O5S/c1-18(2)20-8-7-9-21(22(20)17-25(29)30)19-10-12-26-23(16-19)33-15-6-4-5-14-28-24(11-13-27-28)34(3,31)32/h7-13,16,18H,4-6,14-15,17H2,1-3H3,(H,29,30). The second-order valence-electron chi connectivity index (χ2n) is 8.56. The van der Waals surface area contributed by atoms with E-state index in [0.29, 0.717) is 19.0 Å². The summed E-state index contributed by atoms with van der Waals surface area (Å²) in [4.78, 5) is 15.8. The molecule has 0 amide bonds. The number of carboxylic acid groups (broad SMARTS) is 1. The molecule has 0 saturated heterocycles. The van der Waals surface area contributed by atoms with Crippen LogP contribution in [0.4, 0.5) is 0 Å². The number of unbranched alkanes of at least 4 members (excludes halogenated alkanes) is 2.